The van der Waals surface area contributed by atoms with Crippen molar-refractivity contribution in [2.75, 3.05) is 0 Å². The molecule has 0 radical (unpaired) electrons. The van der Waals surface area contributed by atoms with E-state index in [1.807, 2.05) is 0 Å². The minimum absolute atomic E-state index is 0.293. The van der Waals surface area contributed by atoms with Crippen molar-refractivity contribution >= 4 is 0 Å². The fourth-order valence-electron chi connectivity index (χ4n) is 2.70. The first-order valence-corrected chi connectivity index (χ1v) is 6.44. The molecule has 1 heterocycles. The normalized spacial score (nSPS) is 14.6. The molecule has 2 aromatic rings. The summed E-state index contributed by atoms with van der Waals surface area (Å²) in [5.41, 5.74) is 10.9. The van der Waals surface area contributed by atoms with Crippen molar-refractivity contribution < 1.29 is 4.52 Å². The van der Waals surface area contributed by atoms with Gasteiger partial charge in [-0.05, 0) is 49.3 Å². The summed E-state index contributed by atoms with van der Waals surface area (Å²) in [6, 6.07) is 4.25. The van der Waals surface area contributed by atoms with Crippen molar-refractivity contribution in [3.63, 3.8) is 0 Å². The van der Waals surface area contributed by atoms with Gasteiger partial charge < -0.3 is 10.3 Å². The van der Waals surface area contributed by atoms with Gasteiger partial charge in [0.1, 0.15) is 0 Å². The van der Waals surface area contributed by atoms with Crippen molar-refractivity contribution in [3.8, 4) is 11.4 Å². The van der Waals surface area contributed by atoms with Gasteiger partial charge in [-0.1, -0.05) is 17.3 Å². The summed E-state index contributed by atoms with van der Waals surface area (Å²) >= 11 is 0. The van der Waals surface area contributed by atoms with Crippen molar-refractivity contribution in [2.24, 2.45) is 5.73 Å². The van der Waals surface area contributed by atoms with Crippen LogP contribution in [0, 0.1) is 6.92 Å². The van der Waals surface area contributed by atoms with E-state index in [-0.39, 0.29) is 0 Å². The number of fused-ring (bicyclic) bond motifs is 1. The van der Waals surface area contributed by atoms with Crippen molar-refractivity contribution in [1.29, 1.82) is 0 Å². The zero-order chi connectivity index (χ0) is 12.5. The van der Waals surface area contributed by atoms with Crippen LogP contribution < -0.4 is 5.73 Å². The van der Waals surface area contributed by atoms with E-state index in [0.29, 0.717) is 18.3 Å². The second kappa shape index (κ2) is 4.53. The summed E-state index contributed by atoms with van der Waals surface area (Å²) in [5, 5.41) is 4.03. The number of nitrogens with zero attached hydrogens (tertiary/aromatic N) is 2. The lowest BCUT2D eigenvalue weighted by Crippen LogP contribution is -2.07. The Bertz CT molecular complexity index is 574. The lowest BCUT2D eigenvalue weighted by atomic mass is 9.85. The van der Waals surface area contributed by atoms with E-state index in [4.69, 9.17) is 10.3 Å². The average molecular weight is 243 g/mol. The average Bonchev–Trinajstić information content (AvgIpc) is 2.88. The van der Waals surface area contributed by atoms with Crippen LogP contribution in [0.25, 0.3) is 11.4 Å². The largest absolute Gasteiger partial charge is 0.338 e. The number of nitrogens with two attached hydrogens (primary N) is 1. The summed E-state index contributed by atoms with van der Waals surface area (Å²) in [5.74, 6) is 1.17. The molecule has 0 unspecified atom stereocenters. The lowest BCUT2D eigenvalue weighted by molar-refractivity contribution is 0.380. The Morgan fingerprint density at radius 2 is 2.00 bits per heavy atom. The van der Waals surface area contributed by atoms with Crippen LogP contribution in [-0.4, -0.2) is 10.1 Å². The topological polar surface area (TPSA) is 64.9 Å². The Labute approximate surface area is 106 Å². The molecular formula is C14H17N3O. The minimum atomic E-state index is 0.293. The number of benzene rings is 1. The number of hydrogen-bond donors (Lipinski definition) is 1. The molecule has 1 aromatic carbocycles. The molecular weight excluding hydrogens is 226 g/mol. The maximum Gasteiger partial charge on any atom is 0.240 e. The Kier molecular flexibility index (Phi) is 2.88. The molecule has 18 heavy (non-hydrogen) atoms. The molecule has 1 aliphatic rings. The first-order valence-electron chi connectivity index (χ1n) is 6.44. The summed E-state index contributed by atoms with van der Waals surface area (Å²) < 4.78 is 5.10. The predicted octanol–water partition coefficient (Wildman–Crippen LogP) is 2.38. The zero-order valence-electron chi connectivity index (χ0n) is 10.6. The predicted molar refractivity (Wildman–Crippen MR) is 69.0 cm³/mol. The van der Waals surface area contributed by atoms with E-state index >= 15 is 0 Å². The standard InChI is InChI=1S/C14H17N3O/c1-9-6-7-12(11-5-3-2-4-10(9)11)14-16-13(8-15)18-17-14/h6-7H,2-5,8,15H2,1H3. The first-order chi connectivity index (χ1) is 8.79. The molecule has 3 rings (SSSR count). The molecule has 0 amide bonds. The molecule has 94 valence electrons. The van der Waals surface area contributed by atoms with Gasteiger partial charge in [-0.25, -0.2) is 0 Å². The highest BCUT2D eigenvalue weighted by Gasteiger charge is 2.19. The first kappa shape index (κ1) is 11.4. The van der Waals surface area contributed by atoms with E-state index in [2.05, 4.69) is 29.2 Å². The van der Waals surface area contributed by atoms with Crippen LogP contribution in [-0.2, 0) is 19.4 Å². The highest BCUT2D eigenvalue weighted by molar-refractivity contribution is 5.64. The van der Waals surface area contributed by atoms with Gasteiger partial charge in [-0.2, -0.15) is 4.98 Å². The second-order valence-electron chi connectivity index (χ2n) is 4.81. The van der Waals surface area contributed by atoms with Gasteiger partial charge in [0.25, 0.3) is 0 Å². The molecule has 4 nitrogen and oxygen atoms in total. The molecule has 0 spiro atoms. The van der Waals surface area contributed by atoms with E-state index in [0.717, 1.165) is 18.4 Å². The van der Waals surface area contributed by atoms with Crippen LogP contribution in [0.5, 0.6) is 0 Å². The van der Waals surface area contributed by atoms with Crippen LogP contribution >= 0.6 is 0 Å². The third-order valence-electron chi connectivity index (χ3n) is 3.65. The number of aryl methyl sites for hydroxylation is 1. The van der Waals surface area contributed by atoms with Gasteiger partial charge >= 0.3 is 0 Å². The van der Waals surface area contributed by atoms with Crippen LogP contribution in [0.4, 0.5) is 0 Å². The van der Waals surface area contributed by atoms with Gasteiger partial charge in [0.15, 0.2) is 0 Å². The molecule has 0 atom stereocenters. The van der Waals surface area contributed by atoms with Crippen molar-refractivity contribution in [2.45, 2.75) is 39.2 Å². The van der Waals surface area contributed by atoms with Gasteiger partial charge in [0.2, 0.25) is 11.7 Å². The summed E-state index contributed by atoms with van der Waals surface area (Å²) in [6.45, 7) is 2.47. The van der Waals surface area contributed by atoms with E-state index in [9.17, 15) is 0 Å². The Hall–Kier alpha value is -1.68. The van der Waals surface area contributed by atoms with Crippen LogP contribution in [0.2, 0.25) is 0 Å². The molecule has 0 bridgehead atoms. The highest BCUT2D eigenvalue weighted by Crippen LogP contribution is 2.32. The third kappa shape index (κ3) is 1.82. The summed E-state index contributed by atoms with van der Waals surface area (Å²) in [7, 11) is 0. The molecule has 2 N–H and O–H groups in total. The lowest BCUT2D eigenvalue weighted by Gasteiger charge is -2.20. The molecule has 1 aliphatic carbocycles. The maximum absolute atomic E-state index is 5.51. The summed E-state index contributed by atoms with van der Waals surface area (Å²) in [6.07, 6.45) is 4.79. The molecule has 4 heteroatoms. The molecule has 0 aliphatic heterocycles. The maximum atomic E-state index is 5.51. The monoisotopic (exact) mass is 243 g/mol. The van der Waals surface area contributed by atoms with Crippen LogP contribution in [0.1, 0.15) is 35.4 Å². The summed E-state index contributed by atoms with van der Waals surface area (Å²) in [4.78, 5) is 4.33. The number of hydrogen-bond acceptors (Lipinski definition) is 4. The van der Waals surface area contributed by atoms with Gasteiger partial charge in [0.05, 0.1) is 6.54 Å². The second-order valence-corrected chi connectivity index (χ2v) is 4.81. The van der Waals surface area contributed by atoms with Gasteiger partial charge in [-0.15, -0.1) is 0 Å². The molecule has 0 saturated heterocycles. The highest BCUT2D eigenvalue weighted by atomic mass is 16.5. The SMILES string of the molecule is Cc1ccc(-c2noc(CN)n2)c2c1CCCC2. The fourth-order valence-corrected chi connectivity index (χ4v) is 2.70. The fraction of sp³-hybridized carbons (Fsp3) is 0.429. The quantitative estimate of drug-likeness (QED) is 0.879. The smallest absolute Gasteiger partial charge is 0.240 e. The third-order valence-corrected chi connectivity index (χ3v) is 3.65. The zero-order valence-corrected chi connectivity index (χ0v) is 10.6. The van der Waals surface area contributed by atoms with E-state index in [1.165, 1.54) is 29.5 Å². The van der Waals surface area contributed by atoms with Crippen LogP contribution in [0.3, 0.4) is 0 Å². The van der Waals surface area contributed by atoms with Gasteiger partial charge in [-0.3, -0.25) is 0 Å². The molecule has 0 fully saturated rings. The molecule has 0 saturated carbocycles. The van der Waals surface area contributed by atoms with Crippen molar-refractivity contribution in [1.82, 2.24) is 10.1 Å². The minimum Gasteiger partial charge on any atom is -0.338 e. The Morgan fingerprint density at radius 3 is 2.72 bits per heavy atom. The van der Waals surface area contributed by atoms with Gasteiger partial charge in [0, 0.05) is 5.56 Å². The van der Waals surface area contributed by atoms with Crippen molar-refractivity contribution in [3.05, 3.63) is 34.7 Å². The Balaban J connectivity index is 2.11. The van der Waals surface area contributed by atoms with Crippen LogP contribution in [0.15, 0.2) is 16.7 Å². The van der Waals surface area contributed by atoms with E-state index < -0.39 is 0 Å². The molecule has 1 aromatic heterocycles. The number of rotatable bonds is 2. The van der Waals surface area contributed by atoms with E-state index in [1.54, 1.807) is 0 Å². The Morgan fingerprint density at radius 1 is 1.22 bits per heavy atom. The number of aromatic nitrogens is 2.